The van der Waals surface area contributed by atoms with Gasteiger partial charge < -0.3 is 14.8 Å². The number of hydrogen-bond donors (Lipinski definition) is 1. The summed E-state index contributed by atoms with van der Waals surface area (Å²) in [6, 6.07) is 5.34. The van der Waals surface area contributed by atoms with Crippen molar-refractivity contribution in [2.75, 3.05) is 37.6 Å². The molecule has 102 valence electrons. The van der Waals surface area contributed by atoms with Crippen LogP contribution in [-0.2, 0) is 9.84 Å². The zero-order valence-corrected chi connectivity index (χ0v) is 11.7. The van der Waals surface area contributed by atoms with E-state index in [1.807, 2.05) is 0 Å². The number of nitrogens with one attached hydrogen (secondary N) is 1. The lowest BCUT2D eigenvalue weighted by molar-refractivity contribution is 0.395. The summed E-state index contributed by atoms with van der Waals surface area (Å²) in [7, 11) is 0.187. The monoisotopic (exact) mass is 273 g/mol. The van der Waals surface area contributed by atoms with E-state index in [-0.39, 0.29) is 11.5 Å². The van der Waals surface area contributed by atoms with Crippen molar-refractivity contribution in [3.8, 4) is 11.5 Å². The fourth-order valence-corrected chi connectivity index (χ4v) is 2.13. The molecule has 1 N–H and O–H groups in total. The van der Waals surface area contributed by atoms with Crippen LogP contribution in [0, 0.1) is 0 Å². The Labute approximate surface area is 108 Å². The molecule has 0 unspecified atom stereocenters. The third kappa shape index (κ3) is 4.10. The van der Waals surface area contributed by atoms with Gasteiger partial charge in [-0.3, -0.25) is 0 Å². The van der Waals surface area contributed by atoms with Gasteiger partial charge in [-0.25, -0.2) is 8.42 Å². The summed E-state index contributed by atoms with van der Waals surface area (Å²) >= 11 is 0. The van der Waals surface area contributed by atoms with Gasteiger partial charge in [0.25, 0.3) is 0 Å². The van der Waals surface area contributed by atoms with Gasteiger partial charge in [0.1, 0.15) is 11.5 Å². The van der Waals surface area contributed by atoms with Crippen LogP contribution in [0.25, 0.3) is 0 Å². The van der Waals surface area contributed by atoms with Gasteiger partial charge in [0.2, 0.25) is 0 Å². The molecule has 6 heteroatoms. The van der Waals surface area contributed by atoms with E-state index in [9.17, 15) is 8.42 Å². The predicted molar refractivity (Wildman–Crippen MR) is 72.4 cm³/mol. The highest BCUT2D eigenvalue weighted by molar-refractivity contribution is 7.91. The summed E-state index contributed by atoms with van der Waals surface area (Å²) in [6.45, 7) is 2.00. The van der Waals surface area contributed by atoms with Gasteiger partial charge >= 0.3 is 0 Å². The summed E-state index contributed by atoms with van der Waals surface area (Å²) in [5.41, 5.74) is 0.754. The molecule has 0 aromatic heterocycles. The van der Waals surface area contributed by atoms with Gasteiger partial charge in [0.05, 0.1) is 25.7 Å². The van der Waals surface area contributed by atoms with E-state index >= 15 is 0 Å². The molecule has 1 aromatic carbocycles. The maximum absolute atomic E-state index is 11.4. The van der Waals surface area contributed by atoms with Crippen LogP contribution in [0.3, 0.4) is 0 Å². The number of ether oxygens (including phenoxy) is 2. The van der Waals surface area contributed by atoms with Crippen LogP contribution in [0.1, 0.15) is 6.92 Å². The number of anilines is 1. The normalized spacial score (nSPS) is 11.1. The molecule has 0 amide bonds. The lowest BCUT2D eigenvalue weighted by Crippen LogP contribution is -2.17. The molecular weight excluding hydrogens is 254 g/mol. The second-order valence-electron chi connectivity index (χ2n) is 3.73. The Bertz CT molecular complexity index is 485. The molecule has 0 radical (unpaired) electrons. The van der Waals surface area contributed by atoms with Gasteiger partial charge in [-0.1, -0.05) is 6.92 Å². The van der Waals surface area contributed by atoms with E-state index in [4.69, 9.17) is 9.47 Å². The average Bonchev–Trinajstić information content (AvgIpc) is 2.38. The Morgan fingerprint density at radius 2 is 1.94 bits per heavy atom. The molecule has 5 nitrogen and oxygen atoms in total. The first kappa shape index (κ1) is 14.6. The molecule has 1 aromatic rings. The molecule has 0 saturated carbocycles. The Kier molecular flexibility index (Phi) is 5.27. The maximum Gasteiger partial charge on any atom is 0.151 e. The molecule has 0 saturated heterocycles. The highest BCUT2D eigenvalue weighted by atomic mass is 32.2. The van der Waals surface area contributed by atoms with Crippen LogP contribution < -0.4 is 14.8 Å². The summed E-state index contributed by atoms with van der Waals surface area (Å²) in [4.78, 5) is 0. The van der Waals surface area contributed by atoms with Gasteiger partial charge in [-0.15, -0.1) is 0 Å². The first-order valence-electron chi connectivity index (χ1n) is 5.68. The van der Waals surface area contributed by atoms with Crippen molar-refractivity contribution in [1.82, 2.24) is 0 Å². The van der Waals surface area contributed by atoms with Crippen molar-refractivity contribution in [2.45, 2.75) is 6.92 Å². The number of hydrogen-bond acceptors (Lipinski definition) is 5. The van der Waals surface area contributed by atoms with Crippen molar-refractivity contribution in [2.24, 2.45) is 0 Å². The van der Waals surface area contributed by atoms with Crippen LogP contribution >= 0.6 is 0 Å². The third-order valence-corrected chi connectivity index (χ3v) is 4.28. The molecule has 0 heterocycles. The molecule has 0 aliphatic carbocycles. The molecule has 0 spiro atoms. The van der Waals surface area contributed by atoms with Gasteiger partial charge in [-0.05, 0) is 12.1 Å². The molecule has 0 aliphatic heterocycles. The smallest absolute Gasteiger partial charge is 0.151 e. The standard InChI is InChI=1S/C12H19NO4S/c1-4-18(14,15)8-7-13-11-6-5-10(16-2)9-12(11)17-3/h5-6,9,13H,4,7-8H2,1-3H3. The van der Waals surface area contributed by atoms with Crippen LogP contribution in [0.2, 0.25) is 0 Å². The summed E-state index contributed by atoms with van der Waals surface area (Å²) in [6.07, 6.45) is 0. The molecule has 0 fully saturated rings. The second-order valence-corrected chi connectivity index (χ2v) is 6.20. The van der Waals surface area contributed by atoms with Gasteiger partial charge in [0, 0.05) is 18.4 Å². The number of sulfone groups is 1. The Morgan fingerprint density at radius 3 is 2.50 bits per heavy atom. The minimum Gasteiger partial charge on any atom is -0.497 e. The van der Waals surface area contributed by atoms with Crippen LogP contribution in [0.5, 0.6) is 11.5 Å². The number of benzene rings is 1. The lowest BCUT2D eigenvalue weighted by atomic mass is 10.2. The van der Waals surface area contributed by atoms with Crippen molar-refractivity contribution >= 4 is 15.5 Å². The van der Waals surface area contributed by atoms with Crippen molar-refractivity contribution in [1.29, 1.82) is 0 Å². The van der Waals surface area contributed by atoms with E-state index < -0.39 is 9.84 Å². The largest absolute Gasteiger partial charge is 0.497 e. The fourth-order valence-electron chi connectivity index (χ4n) is 1.43. The maximum atomic E-state index is 11.4. The fraction of sp³-hybridized carbons (Fsp3) is 0.500. The minimum absolute atomic E-state index is 0.110. The Balaban J connectivity index is 2.67. The van der Waals surface area contributed by atoms with E-state index in [0.29, 0.717) is 18.0 Å². The first-order valence-corrected chi connectivity index (χ1v) is 7.51. The number of rotatable bonds is 7. The summed E-state index contributed by atoms with van der Waals surface area (Å²) in [5, 5.41) is 3.05. The highest BCUT2D eigenvalue weighted by Crippen LogP contribution is 2.28. The molecular formula is C12H19NO4S. The quantitative estimate of drug-likeness (QED) is 0.816. The van der Waals surface area contributed by atoms with E-state index in [1.165, 1.54) is 0 Å². The molecule has 0 bridgehead atoms. The topological polar surface area (TPSA) is 64.6 Å². The first-order chi connectivity index (χ1) is 8.52. The SMILES string of the molecule is CCS(=O)(=O)CCNc1ccc(OC)cc1OC. The minimum atomic E-state index is -2.95. The molecule has 0 aliphatic rings. The zero-order valence-electron chi connectivity index (χ0n) is 10.9. The predicted octanol–water partition coefficient (Wildman–Crippen LogP) is 1.55. The van der Waals surface area contributed by atoms with E-state index in [0.717, 1.165) is 5.69 Å². The highest BCUT2D eigenvalue weighted by Gasteiger charge is 2.08. The van der Waals surface area contributed by atoms with Crippen LogP contribution in [0.15, 0.2) is 18.2 Å². The van der Waals surface area contributed by atoms with Crippen LogP contribution in [-0.4, -0.2) is 40.7 Å². The van der Waals surface area contributed by atoms with Crippen LogP contribution in [0.4, 0.5) is 5.69 Å². The van der Waals surface area contributed by atoms with Gasteiger partial charge in [-0.2, -0.15) is 0 Å². The molecule has 0 atom stereocenters. The Hall–Kier alpha value is -1.43. The summed E-state index contributed by atoms with van der Waals surface area (Å²) < 4.78 is 33.0. The molecule has 18 heavy (non-hydrogen) atoms. The zero-order chi connectivity index (χ0) is 13.6. The average molecular weight is 273 g/mol. The van der Waals surface area contributed by atoms with Gasteiger partial charge in [0.15, 0.2) is 9.84 Å². The Morgan fingerprint density at radius 1 is 1.22 bits per heavy atom. The van der Waals surface area contributed by atoms with E-state index in [1.54, 1.807) is 39.3 Å². The number of methoxy groups -OCH3 is 2. The van der Waals surface area contributed by atoms with Crippen molar-refractivity contribution in [3.63, 3.8) is 0 Å². The second kappa shape index (κ2) is 6.49. The van der Waals surface area contributed by atoms with E-state index in [2.05, 4.69) is 5.32 Å². The lowest BCUT2D eigenvalue weighted by Gasteiger charge is -2.12. The third-order valence-electron chi connectivity index (χ3n) is 2.58. The van der Waals surface area contributed by atoms with Crippen molar-refractivity contribution in [3.05, 3.63) is 18.2 Å². The van der Waals surface area contributed by atoms with Crippen molar-refractivity contribution < 1.29 is 17.9 Å². The summed E-state index contributed by atoms with van der Waals surface area (Å²) in [5.74, 6) is 1.59. The molecule has 1 rings (SSSR count).